The van der Waals surface area contributed by atoms with Gasteiger partial charge in [-0.1, -0.05) is 23.7 Å². The van der Waals surface area contributed by atoms with Gasteiger partial charge < -0.3 is 46.8 Å². The van der Waals surface area contributed by atoms with Crippen LogP contribution >= 0.6 is 11.6 Å². The number of rotatable bonds is 20. The summed E-state index contributed by atoms with van der Waals surface area (Å²) >= 11 is 5.80. The Labute approximate surface area is 256 Å². The van der Waals surface area contributed by atoms with E-state index >= 15 is 0 Å². The average Bonchev–Trinajstić information content (AvgIpc) is 2.98. The Morgan fingerprint density at radius 3 is 2.23 bits per heavy atom. The van der Waals surface area contributed by atoms with Crippen LogP contribution in [-0.4, -0.2) is 93.7 Å². The Morgan fingerprint density at radius 2 is 1.53 bits per heavy atom. The van der Waals surface area contributed by atoms with Crippen LogP contribution in [0, 0.1) is 0 Å². The highest BCUT2D eigenvalue weighted by Gasteiger charge is 2.16. The largest absolute Gasteiger partial charge is 0.491 e. The van der Waals surface area contributed by atoms with Crippen molar-refractivity contribution < 1.29 is 28.5 Å². The molecule has 3 amide bonds. The number of nitrogens with two attached hydrogens (primary N) is 3. The second kappa shape index (κ2) is 20.9. The lowest BCUT2D eigenvalue weighted by molar-refractivity contribution is 0.0377. The standard InChI is InChI=1S/C27H42ClN9O6/c1-2-40-13-11-33-27(39)34-12-14-41-15-16-42-17-18-43-20-8-6-19(7-9-20)5-3-4-10-32-26(31)37-25(38)21-23(29)36-24(30)22(28)35-21/h6-9H,2-5,10-18H2,1H3,(H4,29,30,36)(H2,33,34,39)(H3,31,32,37,38). The number of ether oxygens (including phenoxy) is 4. The van der Waals surface area contributed by atoms with Gasteiger partial charge >= 0.3 is 6.03 Å². The number of halogens is 1. The number of aryl methyl sites for hydroxylation is 1. The fourth-order valence-electron chi connectivity index (χ4n) is 3.44. The first-order valence-electron chi connectivity index (χ1n) is 14.0. The molecule has 0 spiro atoms. The Hall–Kier alpha value is -3.92. The molecule has 238 valence electrons. The van der Waals surface area contributed by atoms with Gasteiger partial charge in [-0.3, -0.25) is 15.1 Å². The summed E-state index contributed by atoms with van der Waals surface area (Å²) < 4.78 is 21.8. The minimum atomic E-state index is -0.673. The van der Waals surface area contributed by atoms with E-state index in [0.29, 0.717) is 65.9 Å². The number of carbonyl (C=O) groups excluding carboxylic acids is 2. The van der Waals surface area contributed by atoms with Gasteiger partial charge in [0.05, 0.1) is 33.0 Å². The van der Waals surface area contributed by atoms with Crippen molar-refractivity contribution in [3.8, 4) is 5.75 Å². The van der Waals surface area contributed by atoms with Crippen LogP contribution in [0.15, 0.2) is 29.3 Å². The number of carbonyl (C=O) groups is 2. The summed E-state index contributed by atoms with van der Waals surface area (Å²) in [5.41, 5.74) is 17.9. The number of nitrogen functional groups attached to an aromatic ring is 2. The van der Waals surface area contributed by atoms with E-state index in [1.807, 2.05) is 31.2 Å². The molecule has 0 aliphatic carbocycles. The number of unbranched alkanes of at least 4 members (excludes halogenated alkanes) is 1. The monoisotopic (exact) mass is 623 g/mol. The van der Waals surface area contributed by atoms with E-state index in [2.05, 4.69) is 30.9 Å². The molecule has 0 radical (unpaired) electrons. The van der Waals surface area contributed by atoms with Crippen molar-refractivity contribution in [2.24, 2.45) is 10.7 Å². The van der Waals surface area contributed by atoms with Gasteiger partial charge in [0.1, 0.15) is 12.4 Å². The number of anilines is 2. The molecule has 0 unspecified atom stereocenters. The minimum absolute atomic E-state index is 0.0553. The third kappa shape index (κ3) is 15.2. The number of benzene rings is 1. The lowest BCUT2D eigenvalue weighted by Crippen LogP contribution is -2.39. The lowest BCUT2D eigenvalue weighted by atomic mass is 10.1. The first kappa shape index (κ1) is 35.3. The predicted molar refractivity (Wildman–Crippen MR) is 164 cm³/mol. The van der Waals surface area contributed by atoms with Crippen molar-refractivity contribution in [1.29, 1.82) is 0 Å². The first-order chi connectivity index (χ1) is 20.8. The molecular formula is C27H42ClN9O6. The first-order valence-corrected chi connectivity index (χ1v) is 14.3. The van der Waals surface area contributed by atoms with Crippen molar-refractivity contribution in [1.82, 2.24) is 25.9 Å². The molecule has 0 aliphatic rings. The zero-order chi connectivity index (χ0) is 31.3. The predicted octanol–water partition coefficient (Wildman–Crippen LogP) is 1.11. The summed E-state index contributed by atoms with van der Waals surface area (Å²) in [7, 11) is 0. The number of hydrogen-bond donors (Lipinski definition) is 6. The zero-order valence-corrected chi connectivity index (χ0v) is 25.2. The van der Waals surface area contributed by atoms with Gasteiger partial charge in [0, 0.05) is 26.2 Å². The number of guanidine groups is 1. The molecule has 1 aromatic carbocycles. The molecule has 15 nitrogen and oxygen atoms in total. The SMILES string of the molecule is CCOCCNC(=O)NCCOCCOCCOc1ccc(CCCCN=C(N)NC(=O)c2nc(Cl)c(N)nc2N)cc1. The molecular weight excluding hydrogens is 582 g/mol. The van der Waals surface area contributed by atoms with Crippen LogP contribution in [0.25, 0.3) is 0 Å². The smallest absolute Gasteiger partial charge is 0.314 e. The fourth-order valence-corrected chi connectivity index (χ4v) is 3.56. The summed E-state index contributed by atoms with van der Waals surface area (Å²) in [6, 6.07) is 7.62. The Bertz CT molecular complexity index is 1150. The Kier molecular flexibility index (Phi) is 17.1. The summed E-state index contributed by atoms with van der Waals surface area (Å²) in [6.07, 6.45) is 2.51. The highest BCUT2D eigenvalue weighted by atomic mass is 35.5. The maximum Gasteiger partial charge on any atom is 0.314 e. The normalized spacial score (nSPS) is 11.3. The van der Waals surface area contributed by atoms with E-state index in [-0.39, 0.29) is 34.5 Å². The van der Waals surface area contributed by atoms with E-state index in [0.717, 1.165) is 30.6 Å². The van der Waals surface area contributed by atoms with E-state index < -0.39 is 5.91 Å². The number of amides is 3. The van der Waals surface area contributed by atoms with E-state index in [9.17, 15) is 9.59 Å². The number of nitrogens with zero attached hydrogens (tertiary/aromatic N) is 3. The summed E-state index contributed by atoms with van der Waals surface area (Å²) in [5, 5.41) is 7.67. The number of aliphatic imine (C=N–C) groups is 1. The summed E-state index contributed by atoms with van der Waals surface area (Å²) in [4.78, 5) is 35.5. The average molecular weight is 624 g/mol. The van der Waals surface area contributed by atoms with Gasteiger partial charge in [-0.2, -0.15) is 0 Å². The van der Waals surface area contributed by atoms with Crippen LogP contribution in [0.1, 0.15) is 35.8 Å². The molecule has 9 N–H and O–H groups in total. The topological polar surface area (TPSA) is 223 Å². The van der Waals surface area contributed by atoms with Crippen LogP contribution in [-0.2, 0) is 20.6 Å². The molecule has 1 aromatic heterocycles. The lowest BCUT2D eigenvalue weighted by Gasteiger charge is -2.09. The second-order valence-electron chi connectivity index (χ2n) is 8.91. The van der Waals surface area contributed by atoms with Crippen molar-refractivity contribution in [2.45, 2.75) is 26.2 Å². The second-order valence-corrected chi connectivity index (χ2v) is 9.27. The number of nitrogens with one attached hydrogen (secondary N) is 3. The van der Waals surface area contributed by atoms with Crippen LogP contribution in [0.4, 0.5) is 16.4 Å². The molecule has 0 saturated carbocycles. The van der Waals surface area contributed by atoms with Gasteiger partial charge in [0.2, 0.25) is 0 Å². The highest BCUT2D eigenvalue weighted by molar-refractivity contribution is 6.31. The molecule has 0 aliphatic heterocycles. The number of urea groups is 1. The van der Waals surface area contributed by atoms with Crippen LogP contribution in [0.2, 0.25) is 5.15 Å². The number of hydrogen-bond acceptors (Lipinski definition) is 11. The van der Waals surface area contributed by atoms with Crippen LogP contribution < -0.4 is 37.9 Å². The van der Waals surface area contributed by atoms with E-state index in [1.54, 1.807) is 0 Å². The van der Waals surface area contributed by atoms with Crippen molar-refractivity contribution in [3.63, 3.8) is 0 Å². The van der Waals surface area contributed by atoms with Gasteiger partial charge in [-0.15, -0.1) is 0 Å². The van der Waals surface area contributed by atoms with Gasteiger partial charge in [0.15, 0.2) is 28.4 Å². The van der Waals surface area contributed by atoms with Gasteiger partial charge in [-0.25, -0.2) is 14.8 Å². The molecule has 0 atom stereocenters. The molecule has 2 aromatic rings. The third-order valence-electron chi connectivity index (χ3n) is 5.58. The quantitative estimate of drug-likeness (QED) is 0.0696. The van der Waals surface area contributed by atoms with Crippen molar-refractivity contribution >= 4 is 41.1 Å². The van der Waals surface area contributed by atoms with Crippen molar-refractivity contribution in [2.75, 3.05) is 77.3 Å². The molecule has 0 fully saturated rings. The van der Waals surface area contributed by atoms with Crippen LogP contribution in [0.3, 0.4) is 0 Å². The minimum Gasteiger partial charge on any atom is -0.491 e. The highest BCUT2D eigenvalue weighted by Crippen LogP contribution is 2.17. The van der Waals surface area contributed by atoms with Crippen molar-refractivity contribution in [3.05, 3.63) is 40.7 Å². The molecule has 0 bridgehead atoms. The fraction of sp³-hybridized carbons (Fsp3) is 0.519. The molecule has 2 rings (SSSR count). The Morgan fingerprint density at radius 1 is 0.884 bits per heavy atom. The molecule has 43 heavy (non-hydrogen) atoms. The summed E-state index contributed by atoms with van der Waals surface area (Å²) in [5.74, 6) is -0.192. The maximum atomic E-state index is 12.3. The van der Waals surface area contributed by atoms with Crippen LogP contribution in [0.5, 0.6) is 5.75 Å². The van der Waals surface area contributed by atoms with Gasteiger partial charge in [-0.05, 0) is 43.9 Å². The molecule has 1 heterocycles. The third-order valence-corrected chi connectivity index (χ3v) is 5.86. The zero-order valence-electron chi connectivity index (χ0n) is 24.4. The van der Waals surface area contributed by atoms with E-state index in [4.69, 9.17) is 47.7 Å². The van der Waals surface area contributed by atoms with Gasteiger partial charge in [0.25, 0.3) is 5.91 Å². The maximum absolute atomic E-state index is 12.3. The Balaban J connectivity index is 1.48. The molecule has 16 heteroatoms. The van der Waals surface area contributed by atoms with E-state index in [1.165, 1.54) is 0 Å². The number of aromatic nitrogens is 2. The molecule has 0 saturated heterocycles. The summed E-state index contributed by atoms with van der Waals surface area (Å²) in [6.45, 7) is 6.46.